The molecular formula is C23H28N2O. The number of hydrogen-bond acceptors (Lipinski definition) is 2. The fourth-order valence-electron chi connectivity index (χ4n) is 3.40. The van der Waals surface area contributed by atoms with Crippen molar-refractivity contribution in [1.82, 2.24) is 9.88 Å². The van der Waals surface area contributed by atoms with Gasteiger partial charge in [-0.1, -0.05) is 62.2 Å². The molecule has 0 amide bonds. The van der Waals surface area contributed by atoms with E-state index in [1.54, 1.807) is 0 Å². The smallest absolute Gasteiger partial charge is 0.194 e. The normalized spacial score (nSPS) is 11.4. The summed E-state index contributed by atoms with van der Waals surface area (Å²) in [5.74, 6) is 0. The van der Waals surface area contributed by atoms with Crippen LogP contribution in [0.1, 0.15) is 37.8 Å². The molecule has 0 radical (unpaired) electrons. The highest BCUT2D eigenvalue weighted by Crippen LogP contribution is 2.24. The van der Waals surface area contributed by atoms with Crippen molar-refractivity contribution in [2.45, 2.75) is 40.2 Å². The summed E-state index contributed by atoms with van der Waals surface area (Å²) in [4.78, 5) is 19.3. The van der Waals surface area contributed by atoms with E-state index in [9.17, 15) is 4.79 Å². The summed E-state index contributed by atoms with van der Waals surface area (Å²) < 4.78 is 0. The Hall–Kier alpha value is -2.39. The highest BCUT2D eigenvalue weighted by molar-refractivity contribution is 5.83. The number of nitrogens with one attached hydrogen (secondary N) is 1. The molecular weight excluding hydrogens is 320 g/mol. The lowest BCUT2D eigenvalue weighted by atomic mass is 10.0. The predicted octanol–water partition coefficient (Wildman–Crippen LogP) is 5.13. The molecule has 0 spiro atoms. The first kappa shape index (κ1) is 18.4. The molecule has 3 nitrogen and oxygen atoms in total. The molecule has 1 N–H and O–H groups in total. The summed E-state index contributed by atoms with van der Waals surface area (Å²) in [5.41, 5.74) is 5.04. The number of hydrogen-bond donors (Lipinski definition) is 1. The van der Waals surface area contributed by atoms with Crippen LogP contribution < -0.4 is 5.43 Å². The van der Waals surface area contributed by atoms with E-state index in [0.717, 1.165) is 59.2 Å². The van der Waals surface area contributed by atoms with Crippen molar-refractivity contribution in [3.05, 3.63) is 69.9 Å². The van der Waals surface area contributed by atoms with Crippen molar-refractivity contribution in [2.75, 3.05) is 13.1 Å². The maximum Gasteiger partial charge on any atom is 0.194 e. The van der Waals surface area contributed by atoms with Gasteiger partial charge in [-0.05, 0) is 44.1 Å². The van der Waals surface area contributed by atoms with Gasteiger partial charge in [-0.2, -0.15) is 0 Å². The Morgan fingerprint density at radius 1 is 1.04 bits per heavy atom. The van der Waals surface area contributed by atoms with Crippen LogP contribution in [-0.2, 0) is 6.54 Å². The molecule has 0 aliphatic rings. The molecule has 0 aliphatic heterocycles. The molecule has 0 bridgehead atoms. The third kappa shape index (κ3) is 3.88. The second-order valence-corrected chi connectivity index (χ2v) is 6.95. The van der Waals surface area contributed by atoms with Crippen LogP contribution in [0, 0.1) is 6.92 Å². The molecule has 3 rings (SSSR count). The molecule has 2 aromatic carbocycles. The Morgan fingerprint density at radius 3 is 2.50 bits per heavy atom. The second kappa shape index (κ2) is 8.33. The summed E-state index contributed by atoms with van der Waals surface area (Å²) >= 11 is 0. The van der Waals surface area contributed by atoms with Gasteiger partial charge < -0.3 is 4.98 Å². The number of fused-ring (bicyclic) bond motifs is 1. The van der Waals surface area contributed by atoms with Gasteiger partial charge in [0.15, 0.2) is 5.43 Å². The minimum Gasteiger partial charge on any atom is -0.354 e. The number of aryl methyl sites for hydroxylation is 1. The van der Waals surface area contributed by atoms with Gasteiger partial charge in [0.2, 0.25) is 0 Å². The summed E-state index contributed by atoms with van der Waals surface area (Å²) in [6.45, 7) is 9.04. The zero-order valence-electron chi connectivity index (χ0n) is 16.0. The number of rotatable bonds is 7. The number of unbranched alkanes of at least 4 members (excludes halogenated alkanes) is 1. The van der Waals surface area contributed by atoms with Crippen LogP contribution in [0.25, 0.3) is 22.2 Å². The molecule has 0 saturated heterocycles. The minimum absolute atomic E-state index is 0.149. The molecule has 3 heteroatoms. The summed E-state index contributed by atoms with van der Waals surface area (Å²) in [5, 5.41) is 0.784. The van der Waals surface area contributed by atoms with E-state index in [0.29, 0.717) is 6.54 Å². The Bertz CT molecular complexity index is 928. The Balaban J connectivity index is 2.17. The fourth-order valence-corrected chi connectivity index (χ4v) is 3.40. The van der Waals surface area contributed by atoms with Crippen molar-refractivity contribution in [3.63, 3.8) is 0 Å². The molecule has 1 heterocycles. The molecule has 136 valence electrons. The van der Waals surface area contributed by atoms with Gasteiger partial charge in [-0.25, -0.2) is 0 Å². The van der Waals surface area contributed by atoms with E-state index < -0.39 is 0 Å². The van der Waals surface area contributed by atoms with Crippen molar-refractivity contribution < 1.29 is 0 Å². The van der Waals surface area contributed by atoms with Crippen molar-refractivity contribution >= 4 is 10.9 Å². The Morgan fingerprint density at radius 2 is 1.81 bits per heavy atom. The standard InChI is InChI=1S/C23H28N2O/c1-4-6-14-25(5-2)16-20-22(18-10-8-7-9-11-18)24-21-13-12-17(3)15-19(21)23(20)26/h7-13,15H,4-6,14,16H2,1-3H3,(H,24,26). The third-order valence-electron chi connectivity index (χ3n) is 4.97. The van der Waals surface area contributed by atoms with Crippen LogP contribution in [-0.4, -0.2) is 23.0 Å². The average Bonchev–Trinajstić information content (AvgIpc) is 2.67. The Labute approximate surface area is 155 Å². The molecule has 26 heavy (non-hydrogen) atoms. The molecule has 0 atom stereocenters. The first-order chi connectivity index (χ1) is 12.6. The first-order valence-corrected chi connectivity index (χ1v) is 9.57. The summed E-state index contributed by atoms with van der Waals surface area (Å²) in [7, 11) is 0. The van der Waals surface area contributed by atoms with Crippen LogP contribution in [0.15, 0.2) is 53.3 Å². The second-order valence-electron chi connectivity index (χ2n) is 6.95. The monoisotopic (exact) mass is 348 g/mol. The zero-order chi connectivity index (χ0) is 18.5. The van der Waals surface area contributed by atoms with Crippen LogP contribution in [0.5, 0.6) is 0 Å². The van der Waals surface area contributed by atoms with E-state index in [4.69, 9.17) is 0 Å². The van der Waals surface area contributed by atoms with Crippen molar-refractivity contribution in [2.24, 2.45) is 0 Å². The van der Waals surface area contributed by atoms with Crippen molar-refractivity contribution in [3.8, 4) is 11.3 Å². The third-order valence-corrected chi connectivity index (χ3v) is 4.97. The van der Waals surface area contributed by atoms with Gasteiger partial charge in [-0.3, -0.25) is 9.69 Å². The summed E-state index contributed by atoms with van der Waals surface area (Å²) in [6.07, 6.45) is 2.31. The maximum atomic E-state index is 13.4. The van der Waals surface area contributed by atoms with Gasteiger partial charge in [0.1, 0.15) is 0 Å². The average molecular weight is 348 g/mol. The van der Waals surface area contributed by atoms with Crippen molar-refractivity contribution in [1.29, 1.82) is 0 Å². The van der Waals surface area contributed by atoms with Crippen LogP contribution in [0.4, 0.5) is 0 Å². The van der Waals surface area contributed by atoms with Gasteiger partial charge in [0.25, 0.3) is 0 Å². The minimum atomic E-state index is 0.149. The lowest BCUT2D eigenvalue weighted by Gasteiger charge is -2.22. The molecule has 0 aliphatic carbocycles. The van der Waals surface area contributed by atoms with E-state index in [1.165, 1.54) is 0 Å². The fraction of sp³-hybridized carbons (Fsp3) is 0.348. The van der Waals surface area contributed by atoms with Gasteiger partial charge >= 0.3 is 0 Å². The Kier molecular flexibility index (Phi) is 5.89. The predicted molar refractivity (Wildman–Crippen MR) is 111 cm³/mol. The van der Waals surface area contributed by atoms with E-state index in [1.807, 2.05) is 43.3 Å². The van der Waals surface area contributed by atoms with E-state index >= 15 is 0 Å². The number of benzene rings is 2. The highest BCUT2D eigenvalue weighted by atomic mass is 16.1. The quantitative estimate of drug-likeness (QED) is 0.643. The first-order valence-electron chi connectivity index (χ1n) is 9.57. The van der Waals surface area contributed by atoms with E-state index in [2.05, 4.69) is 35.9 Å². The number of aromatic amines is 1. The largest absolute Gasteiger partial charge is 0.354 e. The topological polar surface area (TPSA) is 36.1 Å². The number of aromatic nitrogens is 1. The zero-order valence-corrected chi connectivity index (χ0v) is 16.0. The van der Waals surface area contributed by atoms with E-state index in [-0.39, 0.29) is 5.43 Å². The lowest BCUT2D eigenvalue weighted by molar-refractivity contribution is 0.275. The molecule has 0 saturated carbocycles. The highest BCUT2D eigenvalue weighted by Gasteiger charge is 2.16. The molecule has 0 fully saturated rings. The molecule has 0 unspecified atom stereocenters. The number of nitrogens with zero attached hydrogens (tertiary/aromatic N) is 1. The SMILES string of the molecule is CCCCN(CC)Cc1c(-c2ccccc2)[nH]c2ccc(C)cc2c1=O. The van der Waals surface area contributed by atoms with Gasteiger partial charge in [0.05, 0.1) is 5.69 Å². The maximum absolute atomic E-state index is 13.4. The van der Waals surface area contributed by atoms with Crippen LogP contribution >= 0.6 is 0 Å². The van der Waals surface area contributed by atoms with Crippen LogP contribution in [0.2, 0.25) is 0 Å². The van der Waals surface area contributed by atoms with Gasteiger partial charge in [-0.15, -0.1) is 0 Å². The summed E-state index contributed by atoms with van der Waals surface area (Å²) in [6, 6.07) is 16.2. The molecule has 1 aromatic heterocycles. The number of H-pyrrole nitrogens is 1. The van der Waals surface area contributed by atoms with Crippen LogP contribution in [0.3, 0.4) is 0 Å². The lowest BCUT2D eigenvalue weighted by Crippen LogP contribution is -2.28. The molecule has 3 aromatic rings. The number of pyridine rings is 1. The van der Waals surface area contributed by atoms with Gasteiger partial charge in [0, 0.05) is 23.0 Å².